The van der Waals surface area contributed by atoms with Gasteiger partial charge in [-0.25, -0.2) is 0 Å². The molecule has 1 heterocycles. The van der Waals surface area contributed by atoms with Gasteiger partial charge in [-0.15, -0.1) is 11.3 Å². The molecule has 0 saturated carbocycles. The van der Waals surface area contributed by atoms with Crippen LogP contribution in [0.5, 0.6) is 11.5 Å². The summed E-state index contributed by atoms with van der Waals surface area (Å²) in [6.45, 7) is 0.590. The maximum atomic E-state index is 5.79. The molecule has 0 aliphatic rings. The van der Waals surface area contributed by atoms with Gasteiger partial charge in [0.2, 0.25) is 0 Å². The smallest absolute Gasteiger partial charge is 0.123 e. The summed E-state index contributed by atoms with van der Waals surface area (Å²) in [5, 5.41) is 1.27. The predicted octanol–water partition coefficient (Wildman–Crippen LogP) is 4.49. The van der Waals surface area contributed by atoms with Crippen LogP contribution in [-0.4, -0.2) is 7.11 Å². The number of hydrogen-bond acceptors (Lipinski definition) is 3. The average Bonchev–Trinajstić information content (AvgIpc) is 2.88. The van der Waals surface area contributed by atoms with Gasteiger partial charge in [0.15, 0.2) is 0 Å². The Kier molecular flexibility index (Phi) is 3.38. The third kappa shape index (κ3) is 2.71. The first-order valence-electron chi connectivity index (χ1n) is 6.09. The zero-order valence-corrected chi connectivity index (χ0v) is 11.4. The van der Waals surface area contributed by atoms with Crippen molar-refractivity contribution in [1.29, 1.82) is 0 Å². The van der Waals surface area contributed by atoms with E-state index < -0.39 is 0 Å². The highest BCUT2D eigenvalue weighted by molar-refractivity contribution is 7.19. The molecule has 0 spiro atoms. The third-order valence-corrected chi connectivity index (χ3v) is 3.99. The molecule has 0 saturated heterocycles. The summed E-state index contributed by atoms with van der Waals surface area (Å²) in [7, 11) is 1.66. The van der Waals surface area contributed by atoms with E-state index in [0.29, 0.717) is 6.61 Å². The zero-order valence-electron chi connectivity index (χ0n) is 10.6. The van der Waals surface area contributed by atoms with Crippen LogP contribution in [0.25, 0.3) is 10.1 Å². The van der Waals surface area contributed by atoms with Crippen LogP contribution in [0, 0.1) is 0 Å². The highest BCUT2D eigenvalue weighted by atomic mass is 32.1. The standard InChI is InChI=1S/C16H14O2S/c1-17-13-6-4-7-14(10-13)18-11-15-9-12-5-2-3-8-16(12)19-15/h2-10H,11H2,1H3. The van der Waals surface area contributed by atoms with Crippen molar-refractivity contribution in [1.82, 2.24) is 0 Å². The Morgan fingerprint density at radius 3 is 2.63 bits per heavy atom. The third-order valence-electron chi connectivity index (χ3n) is 2.90. The summed E-state index contributed by atoms with van der Waals surface area (Å²) < 4.78 is 12.3. The van der Waals surface area contributed by atoms with Crippen molar-refractivity contribution >= 4 is 21.4 Å². The lowest BCUT2D eigenvalue weighted by atomic mass is 10.2. The minimum Gasteiger partial charge on any atom is -0.497 e. The molecule has 0 atom stereocenters. The molecule has 0 N–H and O–H groups in total. The van der Waals surface area contributed by atoms with Gasteiger partial charge in [-0.3, -0.25) is 0 Å². The molecule has 19 heavy (non-hydrogen) atoms. The van der Waals surface area contributed by atoms with Gasteiger partial charge in [0.1, 0.15) is 18.1 Å². The number of benzene rings is 2. The van der Waals surface area contributed by atoms with Crippen LogP contribution in [0.3, 0.4) is 0 Å². The van der Waals surface area contributed by atoms with Gasteiger partial charge in [-0.1, -0.05) is 24.3 Å². The molecule has 96 valence electrons. The van der Waals surface area contributed by atoms with E-state index in [9.17, 15) is 0 Å². The monoisotopic (exact) mass is 270 g/mol. The molecule has 0 radical (unpaired) electrons. The van der Waals surface area contributed by atoms with Gasteiger partial charge in [-0.2, -0.15) is 0 Å². The summed E-state index contributed by atoms with van der Waals surface area (Å²) in [5.74, 6) is 1.64. The molecule has 3 rings (SSSR count). The van der Waals surface area contributed by atoms with E-state index in [0.717, 1.165) is 11.5 Å². The van der Waals surface area contributed by atoms with Crippen molar-refractivity contribution in [2.45, 2.75) is 6.61 Å². The Morgan fingerprint density at radius 2 is 1.79 bits per heavy atom. The summed E-state index contributed by atoms with van der Waals surface area (Å²) in [5.41, 5.74) is 0. The lowest BCUT2D eigenvalue weighted by Crippen LogP contribution is -1.93. The van der Waals surface area contributed by atoms with Crippen LogP contribution in [0.2, 0.25) is 0 Å². The molecule has 0 fully saturated rings. The molecule has 3 heteroatoms. The van der Waals surface area contributed by atoms with Crippen LogP contribution in [0.1, 0.15) is 4.88 Å². The highest BCUT2D eigenvalue weighted by Gasteiger charge is 2.02. The first-order valence-corrected chi connectivity index (χ1v) is 6.91. The second-order valence-corrected chi connectivity index (χ2v) is 5.39. The molecule has 0 aliphatic carbocycles. The molecule has 0 unspecified atom stereocenters. The van der Waals surface area contributed by atoms with Crippen molar-refractivity contribution in [3.05, 3.63) is 59.5 Å². The van der Waals surface area contributed by atoms with Crippen molar-refractivity contribution in [2.75, 3.05) is 7.11 Å². The van der Waals surface area contributed by atoms with Gasteiger partial charge in [0, 0.05) is 15.6 Å². The van der Waals surface area contributed by atoms with Crippen LogP contribution >= 0.6 is 11.3 Å². The van der Waals surface area contributed by atoms with Gasteiger partial charge in [0.25, 0.3) is 0 Å². The molecular weight excluding hydrogens is 256 g/mol. The summed E-state index contributed by atoms with van der Waals surface area (Å²) >= 11 is 1.77. The Balaban J connectivity index is 1.74. The van der Waals surface area contributed by atoms with Crippen LogP contribution in [-0.2, 0) is 6.61 Å². The summed E-state index contributed by atoms with van der Waals surface area (Å²) in [6.07, 6.45) is 0. The number of ether oxygens (including phenoxy) is 2. The number of thiophene rings is 1. The average molecular weight is 270 g/mol. The molecule has 3 aromatic rings. The number of fused-ring (bicyclic) bond motifs is 1. The minimum absolute atomic E-state index is 0.590. The highest BCUT2D eigenvalue weighted by Crippen LogP contribution is 2.27. The molecule has 0 amide bonds. The van der Waals surface area contributed by atoms with E-state index in [4.69, 9.17) is 9.47 Å². The maximum absolute atomic E-state index is 5.79. The van der Waals surface area contributed by atoms with Crippen LogP contribution in [0.4, 0.5) is 0 Å². The largest absolute Gasteiger partial charge is 0.497 e. The van der Waals surface area contributed by atoms with Gasteiger partial charge in [-0.05, 0) is 29.7 Å². The van der Waals surface area contributed by atoms with Gasteiger partial charge >= 0.3 is 0 Å². The topological polar surface area (TPSA) is 18.5 Å². The fourth-order valence-electron chi connectivity index (χ4n) is 1.95. The first kappa shape index (κ1) is 12.1. The van der Waals surface area contributed by atoms with E-state index >= 15 is 0 Å². The predicted molar refractivity (Wildman–Crippen MR) is 79.2 cm³/mol. The van der Waals surface area contributed by atoms with Crippen molar-refractivity contribution in [2.24, 2.45) is 0 Å². The minimum atomic E-state index is 0.590. The van der Waals surface area contributed by atoms with Crippen LogP contribution < -0.4 is 9.47 Å². The van der Waals surface area contributed by atoms with Crippen molar-refractivity contribution in [3.8, 4) is 11.5 Å². The number of rotatable bonds is 4. The molecule has 1 aromatic heterocycles. The van der Waals surface area contributed by atoms with Crippen LogP contribution in [0.15, 0.2) is 54.6 Å². The van der Waals surface area contributed by atoms with Crippen molar-refractivity contribution < 1.29 is 9.47 Å². The second-order valence-electron chi connectivity index (χ2n) is 4.22. The molecule has 0 bridgehead atoms. The van der Waals surface area contributed by atoms with E-state index in [1.165, 1.54) is 15.0 Å². The Bertz CT molecular complexity index is 655. The second kappa shape index (κ2) is 5.33. The Hall–Kier alpha value is -2.00. The molecule has 0 aliphatic heterocycles. The SMILES string of the molecule is COc1cccc(OCc2cc3ccccc3s2)c1. The number of hydrogen-bond donors (Lipinski definition) is 0. The lowest BCUT2D eigenvalue weighted by Gasteiger charge is -2.06. The molecular formula is C16H14O2S. The molecule has 2 nitrogen and oxygen atoms in total. The van der Waals surface area contributed by atoms with Crippen molar-refractivity contribution in [3.63, 3.8) is 0 Å². The fourth-order valence-corrected chi connectivity index (χ4v) is 2.93. The first-order chi connectivity index (χ1) is 9.35. The van der Waals surface area contributed by atoms with E-state index in [1.807, 2.05) is 24.3 Å². The van der Waals surface area contributed by atoms with E-state index in [2.05, 4.69) is 30.3 Å². The quantitative estimate of drug-likeness (QED) is 0.695. The van der Waals surface area contributed by atoms with Gasteiger partial charge < -0.3 is 9.47 Å². The van der Waals surface area contributed by atoms with E-state index in [-0.39, 0.29) is 0 Å². The number of methoxy groups -OCH3 is 1. The lowest BCUT2D eigenvalue weighted by molar-refractivity contribution is 0.307. The maximum Gasteiger partial charge on any atom is 0.123 e. The Morgan fingerprint density at radius 1 is 0.947 bits per heavy atom. The molecule has 2 aromatic carbocycles. The zero-order chi connectivity index (χ0) is 13.1. The summed E-state index contributed by atoms with van der Waals surface area (Å²) in [6, 6.07) is 18.2. The summed E-state index contributed by atoms with van der Waals surface area (Å²) in [4.78, 5) is 1.23. The normalized spacial score (nSPS) is 10.6. The van der Waals surface area contributed by atoms with E-state index in [1.54, 1.807) is 18.4 Å². The fraction of sp³-hybridized carbons (Fsp3) is 0.125. The van der Waals surface area contributed by atoms with Gasteiger partial charge in [0.05, 0.1) is 7.11 Å². The Labute approximate surface area is 116 Å².